The second-order valence-electron chi connectivity index (χ2n) is 6.77. The molecule has 0 rings (SSSR count). The lowest BCUT2D eigenvalue weighted by atomic mass is 10.0. The molecule has 0 aromatic carbocycles. The highest BCUT2D eigenvalue weighted by Gasteiger charge is 2.47. The molecule has 0 radical (unpaired) electrons. The van der Waals surface area contributed by atoms with Gasteiger partial charge in [-0.25, -0.2) is 0 Å². The Morgan fingerprint density at radius 1 is 0.895 bits per heavy atom. The molecular weight excluding hydrogens is 256 g/mol. The summed E-state index contributed by atoms with van der Waals surface area (Å²) in [5.74, 6) is 0.0217. The number of aliphatic hydroxyl groups excluding tert-OH is 1. The van der Waals surface area contributed by atoms with Gasteiger partial charge in [0, 0.05) is 0 Å². The van der Waals surface area contributed by atoms with Crippen LogP contribution in [0.15, 0.2) is 0 Å². The van der Waals surface area contributed by atoms with E-state index < -0.39 is 20.5 Å². The molecule has 0 unspecified atom stereocenters. The Bertz CT molecular complexity index is 253. The smallest absolute Gasteiger partial charge is 0.201 e. The van der Waals surface area contributed by atoms with Gasteiger partial charge >= 0.3 is 0 Å². The number of hydrogen-bond donors (Lipinski definition) is 1. The van der Waals surface area contributed by atoms with Crippen LogP contribution in [0.5, 0.6) is 0 Å². The number of aldehydes is 1. The SMILES string of the molecule is CC(C)[C@H](O)[C@@H](C=O)O[Si](C(C)C)(C(C)C)C(C)C. The molecule has 0 heterocycles. The lowest BCUT2D eigenvalue weighted by Crippen LogP contribution is -2.53. The molecule has 1 N–H and O–H groups in total. The molecule has 2 atom stereocenters. The van der Waals surface area contributed by atoms with Gasteiger partial charge in [-0.2, -0.15) is 0 Å². The Labute approximate surface area is 119 Å². The predicted molar refractivity (Wildman–Crippen MR) is 82.8 cm³/mol. The fraction of sp³-hybridized carbons (Fsp3) is 0.933. The maximum absolute atomic E-state index is 11.3. The van der Waals surface area contributed by atoms with E-state index in [2.05, 4.69) is 41.5 Å². The van der Waals surface area contributed by atoms with Crippen molar-refractivity contribution in [2.45, 2.75) is 84.2 Å². The van der Waals surface area contributed by atoms with Crippen molar-refractivity contribution in [3.63, 3.8) is 0 Å². The third kappa shape index (κ3) is 4.13. The van der Waals surface area contributed by atoms with E-state index in [1.165, 1.54) is 0 Å². The Morgan fingerprint density at radius 3 is 1.47 bits per heavy atom. The van der Waals surface area contributed by atoms with E-state index in [4.69, 9.17) is 4.43 Å². The maximum atomic E-state index is 11.3. The van der Waals surface area contributed by atoms with Crippen molar-refractivity contribution in [1.29, 1.82) is 0 Å². The number of carbonyl (C=O) groups excluding carboxylic acids is 1. The van der Waals surface area contributed by atoms with E-state index in [-0.39, 0.29) is 5.92 Å². The van der Waals surface area contributed by atoms with Crippen LogP contribution in [0.3, 0.4) is 0 Å². The largest absolute Gasteiger partial charge is 0.404 e. The van der Waals surface area contributed by atoms with Crippen molar-refractivity contribution in [2.24, 2.45) is 5.92 Å². The van der Waals surface area contributed by atoms with Crippen LogP contribution in [0.25, 0.3) is 0 Å². The number of rotatable bonds is 8. The second-order valence-corrected chi connectivity index (χ2v) is 12.2. The molecule has 19 heavy (non-hydrogen) atoms. The molecule has 4 heteroatoms. The molecule has 0 aliphatic rings. The van der Waals surface area contributed by atoms with Crippen LogP contribution in [-0.4, -0.2) is 31.9 Å². The number of carbonyl (C=O) groups is 1. The van der Waals surface area contributed by atoms with Crippen molar-refractivity contribution < 1.29 is 14.3 Å². The van der Waals surface area contributed by atoms with Gasteiger partial charge in [0.15, 0.2) is 0 Å². The van der Waals surface area contributed by atoms with Gasteiger partial charge in [0.25, 0.3) is 0 Å². The van der Waals surface area contributed by atoms with Crippen LogP contribution < -0.4 is 0 Å². The van der Waals surface area contributed by atoms with Crippen LogP contribution in [0, 0.1) is 5.92 Å². The average molecular weight is 289 g/mol. The lowest BCUT2D eigenvalue weighted by Gasteiger charge is -2.44. The molecule has 0 fully saturated rings. The Balaban J connectivity index is 5.36. The first-order valence-corrected chi connectivity index (χ1v) is 9.56. The van der Waals surface area contributed by atoms with Crippen LogP contribution in [-0.2, 0) is 9.22 Å². The fourth-order valence-corrected chi connectivity index (χ4v) is 8.68. The van der Waals surface area contributed by atoms with E-state index in [1.807, 2.05) is 13.8 Å². The quantitative estimate of drug-likeness (QED) is 0.546. The summed E-state index contributed by atoms with van der Waals surface area (Å²) in [7, 11) is -2.11. The van der Waals surface area contributed by atoms with Gasteiger partial charge in [-0.1, -0.05) is 55.4 Å². The molecule has 3 nitrogen and oxygen atoms in total. The van der Waals surface area contributed by atoms with Crippen molar-refractivity contribution >= 4 is 14.6 Å². The van der Waals surface area contributed by atoms with Gasteiger partial charge in [0.2, 0.25) is 8.32 Å². The van der Waals surface area contributed by atoms with Gasteiger partial charge < -0.3 is 14.3 Å². The molecule has 0 bridgehead atoms. The van der Waals surface area contributed by atoms with Crippen molar-refractivity contribution in [2.75, 3.05) is 0 Å². The first kappa shape index (κ1) is 18.8. The van der Waals surface area contributed by atoms with Gasteiger partial charge in [0.05, 0.1) is 6.10 Å². The van der Waals surface area contributed by atoms with E-state index in [1.54, 1.807) is 0 Å². The highest BCUT2D eigenvalue weighted by Crippen LogP contribution is 2.43. The zero-order valence-electron chi connectivity index (χ0n) is 13.8. The third-order valence-electron chi connectivity index (χ3n) is 4.20. The molecule has 114 valence electrons. The summed E-state index contributed by atoms with van der Waals surface area (Å²) in [5, 5.41) is 10.2. The van der Waals surface area contributed by atoms with Gasteiger partial charge in [-0.3, -0.25) is 0 Å². The highest BCUT2D eigenvalue weighted by molar-refractivity contribution is 6.77. The zero-order chi connectivity index (χ0) is 15.4. The van der Waals surface area contributed by atoms with Gasteiger partial charge in [-0.05, 0) is 22.5 Å². The van der Waals surface area contributed by atoms with E-state index >= 15 is 0 Å². The molecule has 0 aromatic rings. The molecule has 0 amide bonds. The highest BCUT2D eigenvalue weighted by atomic mass is 28.4. The van der Waals surface area contributed by atoms with E-state index in [0.717, 1.165) is 6.29 Å². The molecule has 0 spiro atoms. The van der Waals surface area contributed by atoms with Crippen LogP contribution in [0.4, 0.5) is 0 Å². The normalized spacial score (nSPS) is 16.5. The predicted octanol–water partition coefficient (Wildman–Crippen LogP) is 3.76. The van der Waals surface area contributed by atoms with E-state index in [9.17, 15) is 9.90 Å². The second kappa shape index (κ2) is 7.55. The van der Waals surface area contributed by atoms with Crippen LogP contribution in [0.1, 0.15) is 55.4 Å². The minimum atomic E-state index is -2.11. The molecule has 0 aliphatic heterocycles. The van der Waals surface area contributed by atoms with Gasteiger partial charge in [-0.15, -0.1) is 0 Å². The summed E-state index contributed by atoms with van der Waals surface area (Å²) in [6.07, 6.45) is -0.640. The summed E-state index contributed by atoms with van der Waals surface area (Å²) in [5.41, 5.74) is 1.23. The summed E-state index contributed by atoms with van der Waals surface area (Å²) < 4.78 is 6.32. The molecule has 0 saturated carbocycles. The maximum Gasteiger partial charge on any atom is 0.201 e. The summed E-state index contributed by atoms with van der Waals surface area (Å²) in [6.45, 7) is 16.9. The van der Waals surface area contributed by atoms with Gasteiger partial charge in [0.1, 0.15) is 12.4 Å². The van der Waals surface area contributed by atoms with Crippen molar-refractivity contribution in [3.05, 3.63) is 0 Å². The molecule has 0 aromatic heterocycles. The Morgan fingerprint density at radius 2 is 1.26 bits per heavy atom. The summed E-state index contributed by atoms with van der Waals surface area (Å²) in [4.78, 5) is 11.3. The number of aliphatic hydroxyl groups is 1. The zero-order valence-corrected chi connectivity index (χ0v) is 14.8. The Hall–Kier alpha value is -0.193. The molecule has 0 saturated heterocycles. The first-order chi connectivity index (χ1) is 8.61. The number of hydrogen-bond acceptors (Lipinski definition) is 3. The molecule has 0 aliphatic carbocycles. The average Bonchev–Trinajstić information content (AvgIpc) is 2.28. The van der Waals surface area contributed by atoms with E-state index in [0.29, 0.717) is 16.6 Å². The minimum absolute atomic E-state index is 0.0217. The van der Waals surface area contributed by atoms with Crippen LogP contribution in [0.2, 0.25) is 16.6 Å². The first-order valence-electron chi connectivity index (χ1n) is 7.42. The standard InChI is InChI=1S/C15H32O3Si/c1-10(2)15(17)14(9-16)18-19(11(3)4,12(5)6)13(7)8/h9-15,17H,1-8H3/t14-,15+/m1/s1. The lowest BCUT2D eigenvalue weighted by molar-refractivity contribution is -0.120. The summed E-state index contributed by atoms with van der Waals surface area (Å²) in [6, 6.07) is 0. The summed E-state index contributed by atoms with van der Waals surface area (Å²) >= 11 is 0. The van der Waals surface area contributed by atoms with Crippen LogP contribution >= 0.6 is 0 Å². The monoisotopic (exact) mass is 288 g/mol. The third-order valence-corrected chi connectivity index (χ3v) is 10.3. The van der Waals surface area contributed by atoms with Crippen molar-refractivity contribution in [3.8, 4) is 0 Å². The fourth-order valence-electron chi connectivity index (χ4n) is 3.20. The molecular formula is C15H32O3Si. The van der Waals surface area contributed by atoms with Crippen molar-refractivity contribution in [1.82, 2.24) is 0 Å². The Kier molecular flexibility index (Phi) is 7.48. The topological polar surface area (TPSA) is 46.5 Å². The minimum Gasteiger partial charge on any atom is -0.404 e.